The van der Waals surface area contributed by atoms with Crippen molar-refractivity contribution >= 4 is 23.2 Å². The highest BCUT2D eigenvalue weighted by Crippen LogP contribution is 2.19. The molecule has 0 aromatic heterocycles. The van der Waals surface area contributed by atoms with Crippen LogP contribution in [0.25, 0.3) is 0 Å². The van der Waals surface area contributed by atoms with Crippen LogP contribution in [0, 0.1) is 6.92 Å². The van der Waals surface area contributed by atoms with E-state index in [1.807, 2.05) is 49.4 Å². The van der Waals surface area contributed by atoms with Crippen molar-refractivity contribution in [3.63, 3.8) is 0 Å². The summed E-state index contributed by atoms with van der Waals surface area (Å²) in [7, 11) is 1.63. The van der Waals surface area contributed by atoms with Crippen molar-refractivity contribution in [3.8, 4) is 5.75 Å². The molecule has 5 heteroatoms. The second-order valence-corrected chi connectivity index (χ2v) is 5.70. The third-order valence-electron chi connectivity index (χ3n) is 3.50. The Kier molecular flexibility index (Phi) is 6.29. The average Bonchev–Trinajstić information content (AvgIpc) is 2.55. The van der Waals surface area contributed by atoms with Crippen LogP contribution < -0.4 is 15.4 Å². The number of aryl methyl sites for hydroxylation is 1. The fraction of sp³-hybridized carbons (Fsp3) is 0.278. The van der Waals surface area contributed by atoms with Crippen LogP contribution in [0.3, 0.4) is 0 Å². The minimum atomic E-state index is 0.0138. The fourth-order valence-electron chi connectivity index (χ4n) is 2.17. The summed E-state index contributed by atoms with van der Waals surface area (Å²) in [6.07, 6.45) is 0.415. The highest BCUT2D eigenvalue weighted by Gasteiger charge is 2.03. The number of nitrogens with one attached hydrogen (secondary N) is 2. The monoisotopic (exact) mass is 332 g/mol. The largest absolute Gasteiger partial charge is 0.497 e. The van der Waals surface area contributed by atoms with E-state index >= 15 is 0 Å². The molecule has 0 saturated heterocycles. The van der Waals surface area contributed by atoms with E-state index in [1.54, 1.807) is 7.11 Å². The number of amides is 1. The average molecular weight is 333 g/mol. The van der Waals surface area contributed by atoms with Crippen LogP contribution in [0.1, 0.15) is 17.5 Å². The molecule has 2 aromatic carbocycles. The Bertz CT molecular complexity index is 657. The lowest BCUT2D eigenvalue weighted by atomic mass is 10.2. The van der Waals surface area contributed by atoms with Gasteiger partial charge in [-0.15, -0.1) is 0 Å². The van der Waals surface area contributed by atoms with Gasteiger partial charge in [-0.3, -0.25) is 4.79 Å². The second-order valence-electron chi connectivity index (χ2n) is 5.26. The van der Waals surface area contributed by atoms with Crippen LogP contribution in [0.5, 0.6) is 5.75 Å². The minimum Gasteiger partial charge on any atom is -0.497 e. The summed E-state index contributed by atoms with van der Waals surface area (Å²) in [6.45, 7) is 3.08. The Morgan fingerprint density at radius 2 is 1.91 bits per heavy atom. The molecule has 0 bridgehead atoms. The smallest absolute Gasteiger partial charge is 0.222 e. The number of hydrogen-bond donors (Lipinski definition) is 2. The molecule has 0 aliphatic carbocycles. The van der Waals surface area contributed by atoms with Crippen LogP contribution in [0.2, 0.25) is 5.02 Å². The molecule has 0 aliphatic rings. The first-order chi connectivity index (χ1) is 11.1. The highest BCUT2D eigenvalue weighted by atomic mass is 35.5. The summed E-state index contributed by atoms with van der Waals surface area (Å²) < 4.78 is 5.10. The predicted molar refractivity (Wildman–Crippen MR) is 94.1 cm³/mol. The van der Waals surface area contributed by atoms with E-state index in [9.17, 15) is 4.79 Å². The lowest BCUT2D eigenvalue weighted by Gasteiger charge is -2.10. The Morgan fingerprint density at radius 3 is 2.57 bits per heavy atom. The van der Waals surface area contributed by atoms with Gasteiger partial charge in [-0.05, 0) is 48.4 Å². The molecule has 4 nitrogen and oxygen atoms in total. The van der Waals surface area contributed by atoms with Gasteiger partial charge >= 0.3 is 0 Å². The molecular weight excluding hydrogens is 312 g/mol. The number of carbonyl (C=O) groups excluding carboxylic acids is 1. The van der Waals surface area contributed by atoms with E-state index in [0.29, 0.717) is 24.5 Å². The maximum Gasteiger partial charge on any atom is 0.222 e. The summed E-state index contributed by atoms with van der Waals surface area (Å²) in [5, 5.41) is 6.87. The van der Waals surface area contributed by atoms with E-state index < -0.39 is 0 Å². The number of carbonyl (C=O) groups is 1. The maximum atomic E-state index is 11.9. The number of anilines is 1. The van der Waals surface area contributed by atoms with Gasteiger partial charge in [0.2, 0.25) is 5.91 Å². The minimum absolute atomic E-state index is 0.0138. The molecule has 23 heavy (non-hydrogen) atoms. The molecule has 0 atom stereocenters. The summed E-state index contributed by atoms with van der Waals surface area (Å²) >= 11 is 5.92. The molecule has 2 N–H and O–H groups in total. The van der Waals surface area contributed by atoms with E-state index in [4.69, 9.17) is 16.3 Å². The van der Waals surface area contributed by atoms with Crippen LogP contribution in [0.15, 0.2) is 42.5 Å². The first-order valence-electron chi connectivity index (χ1n) is 7.48. The first kappa shape index (κ1) is 17.2. The van der Waals surface area contributed by atoms with Gasteiger partial charge in [0, 0.05) is 30.2 Å². The van der Waals surface area contributed by atoms with E-state index in [-0.39, 0.29) is 5.91 Å². The zero-order chi connectivity index (χ0) is 16.7. The predicted octanol–water partition coefficient (Wildman–Crippen LogP) is 3.78. The topological polar surface area (TPSA) is 50.4 Å². The molecule has 2 aromatic rings. The molecule has 122 valence electrons. The number of halogens is 1. The van der Waals surface area contributed by atoms with Gasteiger partial charge in [0.25, 0.3) is 0 Å². The third kappa shape index (κ3) is 5.49. The number of benzene rings is 2. The zero-order valence-corrected chi connectivity index (χ0v) is 14.1. The quantitative estimate of drug-likeness (QED) is 0.811. The van der Waals surface area contributed by atoms with Crippen molar-refractivity contribution in [2.24, 2.45) is 0 Å². The lowest BCUT2D eigenvalue weighted by Crippen LogP contribution is -2.24. The molecule has 2 rings (SSSR count). The van der Waals surface area contributed by atoms with Gasteiger partial charge in [0.1, 0.15) is 5.75 Å². The van der Waals surface area contributed by atoms with Gasteiger partial charge < -0.3 is 15.4 Å². The van der Waals surface area contributed by atoms with Crippen molar-refractivity contribution in [2.45, 2.75) is 19.9 Å². The maximum absolute atomic E-state index is 11.9. The summed E-state index contributed by atoms with van der Waals surface area (Å²) in [5.74, 6) is 0.822. The Balaban J connectivity index is 1.72. The molecule has 0 spiro atoms. The molecule has 0 fully saturated rings. The van der Waals surface area contributed by atoms with E-state index in [1.165, 1.54) is 0 Å². The normalized spacial score (nSPS) is 10.2. The molecule has 0 aliphatic heterocycles. The van der Waals surface area contributed by atoms with Gasteiger partial charge in [-0.2, -0.15) is 0 Å². The molecule has 0 heterocycles. The summed E-state index contributed by atoms with van der Waals surface area (Å²) in [4.78, 5) is 11.9. The van der Waals surface area contributed by atoms with Crippen molar-refractivity contribution in [1.29, 1.82) is 0 Å². The molecule has 0 unspecified atom stereocenters. The van der Waals surface area contributed by atoms with Crippen molar-refractivity contribution in [3.05, 3.63) is 58.6 Å². The first-order valence-corrected chi connectivity index (χ1v) is 7.86. The van der Waals surface area contributed by atoms with Crippen LogP contribution in [-0.2, 0) is 11.3 Å². The van der Waals surface area contributed by atoms with E-state index in [0.717, 1.165) is 22.6 Å². The van der Waals surface area contributed by atoms with Gasteiger partial charge in [-0.1, -0.05) is 23.7 Å². The molecular formula is C18H21ClN2O2. The second kappa shape index (κ2) is 8.44. The van der Waals surface area contributed by atoms with Crippen molar-refractivity contribution in [2.75, 3.05) is 19.0 Å². The Morgan fingerprint density at radius 1 is 1.17 bits per heavy atom. The Labute approximate surface area is 141 Å². The van der Waals surface area contributed by atoms with E-state index in [2.05, 4.69) is 10.6 Å². The number of rotatable bonds is 7. The van der Waals surface area contributed by atoms with Gasteiger partial charge in [0.15, 0.2) is 0 Å². The van der Waals surface area contributed by atoms with Crippen molar-refractivity contribution in [1.82, 2.24) is 5.32 Å². The standard InChI is InChI=1S/C18H21ClN2O2/c1-13-11-15(19)5-8-17(13)20-10-9-18(22)21-12-14-3-6-16(23-2)7-4-14/h3-8,11,20H,9-10,12H2,1-2H3,(H,21,22). The number of ether oxygens (including phenoxy) is 1. The molecule has 0 saturated carbocycles. The Hall–Kier alpha value is -2.20. The fourth-order valence-corrected chi connectivity index (χ4v) is 2.40. The number of hydrogen-bond acceptors (Lipinski definition) is 3. The SMILES string of the molecule is COc1ccc(CNC(=O)CCNc2ccc(Cl)cc2C)cc1. The van der Waals surface area contributed by atoms with Gasteiger partial charge in [0.05, 0.1) is 7.11 Å². The zero-order valence-electron chi connectivity index (χ0n) is 13.4. The summed E-state index contributed by atoms with van der Waals surface area (Å²) in [6, 6.07) is 13.3. The highest BCUT2D eigenvalue weighted by molar-refractivity contribution is 6.30. The third-order valence-corrected chi connectivity index (χ3v) is 3.74. The lowest BCUT2D eigenvalue weighted by molar-refractivity contribution is -0.121. The molecule has 0 radical (unpaired) electrons. The van der Waals surface area contributed by atoms with Crippen LogP contribution in [-0.4, -0.2) is 19.6 Å². The van der Waals surface area contributed by atoms with Crippen LogP contribution in [0.4, 0.5) is 5.69 Å². The van der Waals surface area contributed by atoms with Crippen LogP contribution >= 0.6 is 11.6 Å². The summed E-state index contributed by atoms with van der Waals surface area (Å²) in [5.41, 5.74) is 3.11. The number of methoxy groups -OCH3 is 1. The molecule has 1 amide bonds. The van der Waals surface area contributed by atoms with Crippen molar-refractivity contribution < 1.29 is 9.53 Å². The van der Waals surface area contributed by atoms with Gasteiger partial charge in [-0.25, -0.2) is 0 Å².